The maximum atomic E-state index is 13.5. The molecule has 0 aliphatic carbocycles. The molecule has 0 unspecified atom stereocenters. The summed E-state index contributed by atoms with van der Waals surface area (Å²) in [6, 6.07) is 4.31. The average molecular weight is 223 g/mol. The number of anilines is 1. The van der Waals surface area contributed by atoms with E-state index in [0.717, 1.165) is 0 Å². The molecule has 1 aromatic carbocycles. The molecule has 4 N–H and O–H groups in total. The van der Waals surface area contributed by atoms with Gasteiger partial charge < -0.3 is 15.6 Å². The lowest BCUT2D eigenvalue weighted by atomic mass is 10.1. The van der Waals surface area contributed by atoms with Crippen LogP contribution >= 0.6 is 0 Å². The first-order valence-electron chi connectivity index (χ1n) is 4.50. The van der Waals surface area contributed by atoms with Gasteiger partial charge in [-0.15, -0.1) is 0 Å². The second-order valence-corrected chi connectivity index (χ2v) is 3.19. The summed E-state index contributed by atoms with van der Waals surface area (Å²) < 4.78 is 18.4. The fourth-order valence-electron chi connectivity index (χ4n) is 1.43. The molecule has 0 amide bonds. The molecule has 0 aliphatic rings. The van der Waals surface area contributed by atoms with Crippen LogP contribution in [0.1, 0.15) is 0 Å². The highest BCUT2D eigenvalue weighted by Crippen LogP contribution is 2.35. The smallest absolute Gasteiger partial charge is 0.207 e. The quantitative estimate of drug-likeness (QED) is 0.720. The number of phenolic OH excluding ortho intramolecular Hbond substituents is 1. The highest BCUT2D eigenvalue weighted by atomic mass is 19.1. The van der Waals surface area contributed by atoms with Gasteiger partial charge in [-0.3, -0.25) is 5.10 Å². The van der Waals surface area contributed by atoms with E-state index in [4.69, 9.17) is 10.5 Å². The first-order chi connectivity index (χ1) is 7.63. The van der Waals surface area contributed by atoms with E-state index in [0.29, 0.717) is 17.1 Å². The first-order valence-corrected chi connectivity index (χ1v) is 4.50. The maximum absolute atomic E-state index is 13.5. The monoisotopic (exact) mass is 223 g/mol. The van der Waals surface area contributed by atoms with E-state index in [1.54, 1.807) is 6.07 Å². The van der Waals surface area contributed by atoms with Crippen LogP contribution < -0.4 is 10.5 Å². The summed E-state index contributed by atoms with van der Waals surface area (Å²) in [7, 11) is 1.32. The van der Waals surface area contributed by atoms with Crippen molar-refractivity contribution in [1.29, 1.82) is 0 Å². The van der Waals surface area contributed by atoms with Gasteiger partial charge in [0.2, 0.25) is 5.82 Å². The van der Waals surface area contributed by atoms with E-state index < -0.39 is 11.6 Å². The highest BCUT2D eigenvalue weighted by Gasteiger charge is 2.16. The summed E-state index contributed by atoms with van der Waals surface area (Å²) in [6.45, 7) is 0. The van der Waals surface area contributed by atoms with Crippen LogP contribution in [0.25, 0.3) is 11.3 Å². The number of hydrogen-bond donors (Lipinski definition) is 3. The number of H-pyrrole nitrogens is 1. The molecule has 5 nitrogen and oxygen atoms in total. The molecule has 2 rings (SSSR count). The number of nitrogens with one attached hydrogen (secondary N) is 1. The van der Waals surface area contributed by atoms with Crippen molar-refractivity contribution in [2.45, 2.75) is 0 Å². The lowest BCUT2D eigenvalue weighted by molar-refractivity contribution is 0.366. The van der Waals surface area contributed by atoms with Crippen molar-refractivity contribution in [3.05, 3.63) is 24.0 Å². The largest absolute Gasteiger partial charge is 0.505 e. The lowest BCUT2D eigenvalue weighted by Gasteiger charge is -2.08. The molecular formula is C10H10FN3O2. The number of ether oxygens (including phenoxy) is 1. The zero-order valence-electron chi connectivity index (χ0n) is 8.49. The van der Waals surface area contributed by atoms with E-state index in [1.165, 1.54) is 19.2 Å². The third-order valence-corrected chi connectivity index (χ3v) is 2.17. The van der Waals surface area contributed by atoms with Gasteiger partial charge in [-0.05, 0) is 12.1 Å². The Labute approximate surface area is 90.7 Å². The van der Waals surface area contributed by atoms with Gasteiger partial charge in [0.05, 0.1) is 12.8 Å². The number of nitrogens with two attached hydrogens (primary N) is 1. The lowest BCUT2D eigenvalue weighted by Crippen LogP contribution is -1.92. The summed E-state index contributed by atoms with van der Waals surface area (Å²) in [6.07, 6.45) is 0. The summed E-state index contributed by atoms with van der Waals surface area (Å²) in [5.74, 6) is -1.03. The fraction of sp³-hybridized carbons (Fsp3) is 0.100. The van der Waals surface area contributed by atoms with Crippen molar-refractivity contribution >= 4 is 5.82 Å². The minimum atomic E-state index is -0.812. The normalized spacial score (nSPS) is 10.4. The zero-order valence-corrected chi connectivity index (χ0v) is 8.49. The first kappa shape index (κ1) is 10.3. The number of aromatic nitrogens is 2. The molecule has 2 aromatic rings. The Balaban J connectivity index is 2.61. The molecule has 0 atom stereocenters. The van der Waals surface area contributed by atoms with Gasteiger partial charge in [0.15, 0.2) is 11.5 Å². The van der Waals surface area contributed by atoms with Crippen molar-refractivity contribution in [1.82, 2.24) is 10.2 Å². The van der Waals surface area contributed by atoms with Gasteiger partial charge in [-0.1, -0.05) is 0 Å². The molecule has 6 heteroatoms. The Hall–Kier alpha value is -2.24. The van der Waals surface area contributed by atoms with Crippen molar-refractivity contribution < 1.29 is 14.2 Å². The predicted molar refractivity (Wildman–Crippen MR) is 56.6 cm³/mol. The van der Waals surface area contributed by atoms with E-state index in [9.17, 15) is 9.50 Å². The Bertz CT molecular complexity index is 525. The molecule has 1 aromatic heterocycles. The minimum Gasteiger partial charge on any atom is -0.505 e. The topological polar surface area (TPSA) is 84.2 Å². The van der Waals surface area contributed by atoms with Crippen molar-refractivity contribution in [2.24, 2.45) is 0 Å². The zero-order chi connectivity index (χ0) is 11.7. The molecule has 0 fully saturated rings. The Morgan fingerprint density at radius 1 is 1.50 bits per heavy atom. The van der Waals surface area contributed by atoms with Gasteiger partial charge in [-0.25, -0.2) is 0 Å². The number of rotatable bonds is 2. The molecule has 0 bridgehead atoms. The molecule has 0 saturated carbocycles. The van der Waals surface area contributed by atoms with Crippen LogP contribution in [0.3, 0.4) is 0 Å². The van der Waals surface area contributed by atoms with Gasteiger partial charge >= 0.3 is 0 Å². The van der Waals surface area contributed by atoms with Crippen molar-refractivity contribution in [3.8, 4) is 22.8 Å². The van der Waals surface area contributed by atoms with Crippen LogP contribution in [-0.4, -0.2) is 22.4 Å². The van der Waals surface area contributed by atoms with E-state index in [1.807, 2.05) is 0 Å². The molecule has 0 saturated heterocycles. The van der Waals surface area contributed by atoms with Gasteiger partial charge in [0.1, 0.15) is 5.82 Å². The van der Waals surface area contributed by atoms with Crippen LogP contribution in [0.15, 0.2) is 18.2 Å². The van der Waals surface area contributed by atoms with Crippen LogP contribution in [0.4, 0.5) is 10.2 Å². The molecule has 1 heterocycles. The Morgan fingerprint density at radius 3 is 2.81 bits per heavy atom. The summed E-state index contributed by atoms with van der Waals surface area (Å²) in [5, 5.41) is 15.6. The number of methoxy groups -OCH3 is 1. The fourth-order valence-corrected chi connectivity index (χ4v) is 1.43. The number of nitrogens with zero attached hydrogens (tertiary/aromatic N) is 1. The second kappa shape index (κ2) is 3.73. The average Bonchev–Trinajstić information content (AvgIpc) is 2.68. The predicted octanol–water partition coefficient (Wildman–Crippen LogP) is 1.51. The highest BCUT2D eigenvalue weighted by molar-refractivity contribution is 5.70. The van der Waals surface area contributed by atoms with Crippen molar-refractivity contribution in [2.75, 3.05) is 12.8 Å². The summed E-state index contributed by atoms with van der Waals surface area (Å²) >= 11 is 0. The number of nitrogen functional groups attached to an aromatic ring is 1. The minimum absolute atomic E-state index is 0.0522. The third kappa shape index (κ3) is 1.54. The van der Waals surface area contributed by atoms with Gasteiger partial charge in [-0.2, -0.15) is 9.49 Å². The standard InChI is InChI=1S/C10H10FN3O2/c1-16-10-5(2-3-7(15)9(10)11)6-4-8(12)14-13-6/h2-4,15H,1H3,(H3,12,13,14). The molecule has 0 radical (unpaired) electrons. The maximum Gasteiger partial charge on any atom is 0.207 e. The SMILES string of the molecule is COc1c(-c2cc(N)n[nH]2)ccc(O)c1F. The second-order valence-electron chi connectivity index (χ2n) is 3.19. The van der Waals surface area contributed by atoms with E-state index >= 15 is 0 Å². The number of aromatic hydroxyl groups is 1. The number of aromatic amines is 1. The molecule has 0 spiro atoms. The van der Waals surface area contributed by atoms with Crippen LogP contribution in [0, 0.1) is 5.82 Å². The summed E-state index contributed by atoms with van der Waals surface area (Å²) in [4.78, 5) is 0. The molecule has 84 valence electrons. The van der Waals surface area contributed by atoms with Gasteiger partial charge in [0, 0.05) is 11.6 Å². The van der Waals surface area contributed by atoms with Crippen LogP contribution in [-0.2, 0) is 0 Å². The number of hydrogen-bond acceptors (Lipinski definition) is 4. The van der Waals surface area contributed by atoms with E-state index in [-0.39, 0.29) is 5.75 Å². The van der Waals surface area contributed by atoms with Crippen LogP contribution in [0.2, 0.25) is 0 Å². The summed E-state index contributed by atoms with van der Waals surface area (Å²) in [5.41, 5.74) is 6.42. The Kier molecular flexibility index (Phi) is 2.40. The number of halogens is 1. The molecule has 16 heavy (non-hydrogen) atoms. The third-order valence-electron chi connectivity index (χ3n) is 2.17. The number of phenols is 1. The molecular weight excluding hydrogens is 213 g/mol. The van der Waals surface area contributed by atoms with Crippen LogP contribution in [0.5, 0.6) is 11.5 Å². The number of benzene rings is 1. The Morgan fingerprint density at radius 2 is 2.25 bits per heavy atom. The van der Waals surface area contributed by atoms with E-state index in [2.05, 4.69) is 10.2 Å². The molecule has 0 aliphatic heterocycles. The van der Waals surface area contributed by atoms with Crippen molar-refractivity contribution in [3.63, 3.8) is 0 Å². The van der Waals surface area contributed by atoms with Gasteiger partial charge in [0.25, 0.3) is 0 Å².